The van der Waals surface area contributed by atoms with E-state index in [2.05, 4.69) is 63.2 Å². The second-order valence-electron chi connectivity index (χ2n) is 8.73. The third-order valence-electron chi connectivity index (χ3n) is 6.43. The van der Waals surface area contributed by atoms with Crippen molar-refractivity contribution >= 4 is 16.9 Å². The number of nitrogens with one attached hydrogen (secondary N) is 2. The Morgan fingerprint density at radius 1 is 1.03 bits per heavy atom. The van der Waals surface area contributed by atoms with E-state index in [4.69, 9.17) is 0 Å². The first-order chi connectivity index (χ1) is 16.6. The molecule has 2 aromatic carbocycles. The molecule has 34 heavy (non-hydrogen) atoms. The molecule has 4 rings (SSSR count). The molecule has 2 amide bonds. The molecule has 0 aliphatic carbocycles. The fourth-order valence-electron chi connectivity index (χ4n) is 4.36. The van der Waals surface area contributed by atoms with Crippen molar-refractivity contribution in [1.82, 2.24) is 30.0 Å². The number of hydrogen-bond donors (Lipinski definition) is 2. The molecule has 1 saturated heterocycles. The molecule has 0 bridgehead atoms. The van der Waals surface area contributed by atoms with Gasteiger partial charge in [-0.15, -0.1) is 0 Å². The Bertz CT molecular complexity index is 1170. The molecule has 0 radical (unpaired) electrons. The van der Waals surface area contributed by atoms with Crippen LogP contribution in [-0.2, 0) is 19.6 Å². The number of hydrogen-bond acceptors (Lipinski definition) is 5. The lowest BCUT2D eigenvalue weighted by Crippen LogP contribution is -2.51. The first-order valence-electron chi connectivity index (χ1n) is 12.1. The summed E-state index contributed by atoms with van der Waals surface area (Å²) in [5.74, 6) is 0.659. The maximum absolute atomic E-state index is 12.7. The largest absolute Gasteiger partial charge is 0.334 e. The zero-order chi connectivity index (χ0) is 23.9. The molecule has 8 nitrogen and oxygen atoms in total. The highest BCUT2D eigenvalue weighted by atomic mass is 16.2. The maximum Gasteiger partial charge on any atom is 0.317 e. The van der Waals surface area contributed by atoms with Crippen LogP contribution in [0.5, 0.6) is 0 Å². The zero-order valence-corrected chi connectivity index (χ0v) is 20.1. The molecule has 2 N–H and O–H groups in total. The summed E-state index contributed by atoms with van der Waals surface area (Å²) in [5, 5.41) is 3.67. The zero-order valence-electron chi connectivity index (χ0n) is 20.1. The summed E-state index contributed by atoms with van der Waals surface area (Å²) in [6.45, 7) is 11.2. The van der Waals surface area contributed by atoms with E-state index in [0.29, 0.717) is 42.9 Å². The van der Waals surface area contributed by atoms with Crippen molar-refractivity contribution in [2.24, 2.45) is 0 Å². The third kappa shape index (κ3) is 6.01. The Kier molecular flexibility index (Phi) is 7.92. The van der Waals surface area contributed by atoms with E-state index in [1.165, 1.54) is 5.56 Å². The summed E-state index contributed by atoms with van der Waals surface area (Å²) in [7, 11) is 0. The van der Waals surface area contributed by atoms with E-state index in [1.54, 1.807) is 6.07 Å². The minimum absolute atomic E-state index is 0.0361. The van der Waals surface area contributed by atoms with Crippen molar-refractivity contribution in [2.75, 3.05) is 39.3 Å². The summed E-state index contributed by atoms with van der Waals surface area (Å²) in [6, 6.07) is 15.8. The minimum Gasteiger partial charge on any atom is -0.334 e. The van der Waals surface area contributed by atoms with Gasteiger partial charge in [-0.05, 0) is 36.3 Å². The van der Waals surface area contributed by atoms with Gasteiger partial charge in [0.1, 0.15) is 5.82 Å². The summed E-state index contributed by atoms with van der Waals surface area (Å²) in [6.07, 6.45) is 0. The molecule has 1 aliphatic heterocycles. The van der Waals surface area contributed by atoms with Crippen LogP contribution in [0.1, 0.15) is 30.8 Å². The average molecular weight is 463 g/mol. The number of piperazine rings is 1. The lowest BCUT2D eigenvalue weighted by molar-refractivity contribution is 0.133. The smallest absolute Gasteiger partial charge is 0.317 e. The average Bonchev–Trinajstić information content (AvgIpc) is 2.86. The number of rotatable bonds is 8. The van der Waals surface area contributed by atoms with Gasteiger partial charge in [0.2, 0.25) is 0 Å². The molecule has 1 aromatic heterocycles. The van der Waals surface area contributed by atoms with Gasteiger partial charge in [0, 0.05) is 39.3 Å². The molecule has 0 unspecified atom stereocenters. The van der Waals surface area contributed by atoms with Crippen LogP contribution >= 0.6 is 0 Å². The van der Waals surface area contributed by atoms with Crippen molar-refractivity contribution in [3.05, 3.63) is 75.8 Å². The molecule has 180 valence electrons. The van der Waals surface area contributed by atoms with Gasteiger partial charge in [0.15, 0.2) is 0 Å². The van der Waals surface area contributed by atoms with E-state index >= 15 is 0 Å². The van der Waals surface area contributed by atoms with Crippen molar-refractivity contribution < 1.29 is 4.79 Å². The second-order valence-corrected chi connectivity index (χ2v) is 8.73. The highest BCUT2D eigenvalue weighted by Gasteiger charge is 2.21. The van der Waals surface area contributed by atoms with E-state index in [9.17, 15) is 9.59 Å². The summed E-state index contributed by atoms with van der Waals surface area (Å²) in [4.78, 5) is 38.9. The van der Waals surface area contributed by atoms with Crippen LogP contribution in [0.3, 0.4) is 0 Å². The van der Waals surface area contributed by atoms with Gasteiger partial charge in [0.25, 0.3) is 5.56 Å². The highest BCUT2D eigenvalue weighted by Crippen LogP contribution is 2.11. The normalized spacial score (nSPS) is 14.6. The lowest BCUT2D eigenvalue weighted by Gasteiger charge is -2.34. The van der Waals surface area contributed by atoms with Gasteiger partial charge >= 0.3 is 6.03 Å². The van der Waals surface area contributed by atoms with E-state index in [0.717, 1.165) is 38.3 Å². The molecule has 2 heterocycles. The minimum atomic E-state index is -0.111. The number of benzene rings is 2. The Morgan fingerprint density at radius 3 is 2.53 bits per heavy atom. The quantitative estimate of drug-likeness (QED) is 0.538. The predicted octanol–water partition coefficient (Wildman–Crippen LogP) is 2.79. The first-order valence-corrected chi connectivity index (χ1v) is 12.1. The Hall–Kier alpha value is -3.23. The molecule has 0 spiro atoms. The van der Waals surface area contributed by atoms with Gasteiger partial charge < -0.3 is 15.2 Å². The number of nitrogens with zero attached hydrogens (tertiary/aromatic N) is 4. The first kappa shape index (κ1) is 23.9. The maximum atomic E-state index is 12.7. The Labute approximate surface area is 200 Å². The van der Waals surface area contributed by atoms with Crippen LogP contribution in [-0.4, -0.2) is 70.0 Å². The van der Waals surface area contributed by atoms with Gasteiger partial charge in [-0.2, -0.15) is 0 Å². The van der Waals surface area contributed by atoms with Gasteiger partial charge in [-0.1, -0.05) is 50.2 Å². The molecule has 1 fully saturated rings. The number of H-pyrrole nitrogens is 1. The molecule has 0 saturated carbocycles. The van der Waals surface area contributed by atoms with Crippen LogP contribution in [0.4, 0.5) is 4.79 Å². The second kappa shape index (κ2) is 11.3. The number of aromatic nitrogens is 2. The topological polar surface area (TPSA) is 84.6 Å². The molecular formula is C26H34N6O2. The number of urea groups is 1. The standard InChI is InChI=1S/C26H34N6O2/c1-3-30(4-2)18-21-9-7-8-20(16-21)17-27-26(34)32-14-12-31(13-15-32)19-24-28-23-11-6-5-10-22(23)25(33)29-24/h5-11,16H,3-4,12-15,17-19H2,1-2H3,(H,27,34)(H,28,29,33). The molecule has 8 heteroatoms. The molecule has 0 atom stereocenters. The fraction of sp³-hybridized carbons (Fsp3) is 0.423. The summed E-state index contributed by atoms with van der Waals surface area (Å²) >= 11 is 0. The Morgan fingerprint density at radius 2 is 1.76 bits per heavy atom. The monoisotopic (exact) mass is 462 g/mol. The van der Waals surface area contributed by atoms with E-state index in [-0.39, 0.29) is 11.6 Å². The number of carbonyl (C=O) groups is 1. The SMILES string of the molecule is CCN(CC)Cc1cccc(CNC(=O)N2CCN(Cc3nc4ccccc4c(=O)[nH]3)CC2)c1. The van der Waals surface area contributed by atoms with Crippen LogP contribution in [0.2, 0.25) is 0 Å². The van der Waals surface area contributed by atoms with Crippen molar-refractivity contribution in [2.45, 2.75) is 33.5 Å². The van der Waals surface area contributed by atoms with Crippen molar-refractivity contribution in [3.8, 4) is 0 Å². The van der Waals surface area contributed by atoms with Crippen molar-refractivity contribution in [1.29, 1.82) is 0 Å². The molecule has 3 aromatic rings. The number of carbonyl (C=O) groups excluding carboxylic acids is 1. The third-order valence-corrected chi connectivity index (χ3v) is 6.43. The Balaban J connectivity index is 1.26. The van der Waals surface area contributed by atoms with Crippen LogP contribution in [0, 0.1) is 0 Å². The molecule has 1 aliphatic rings. The highest BCUT2D eigenvalue weighted by molar-refractivity contribution is 5.77. The van der Waals surface area contributed by atoms with Gasteiger partial charge in [0.05, 0.1) is 17.4 Å². The number of aromatic amines is 1. The van der Waals surface area contributed by atoms with Crippen LogP contribution in [0.25, 0.3) is 10.9 Å². The predicted molar refractivity (Wildman–Crippen MR) is 135 cm³/mol. The van der Waals surface area contributed by atoms with Gasteiger partial charge in [-0.3, -0.25) is 14.6 Å². The van der Waals surface area contributed by atoms with Crippen LogP contribution < -0.4 is 10.9 Å². The number of amides is 2. The molecular weight excluding hydrogens is 428 g/mol. The lowest BCUT2D eigenvalue weighted by atomic mass is 10.1. The van der Waals surface area contributed by atoms with E-state index < -0.39 is 0 Å². The number of para-hydroxylation sites is 1. The van der Waals surface area contributed by atoms with Crippen molar-refractivity contribution in [3.63, 3.8) is 0 Å². The van der Waals surface area contributed by atoms with Crippen LogP contribution in [0.15, 0.2) is 53.3 Å². The number of fused-ring (bicyclic) bond motifs is 1. The van der Waals surface area contributed by atoms with E-state index in [1.807, 2.05) is 23.1 Å². The van der Waals surface area contributed by atoms with Gasteiger partial charge in [-0.25, -0.2) is 9.78 Å². The summed E-state index contributed by atoms with van der Waals surface area (Å²) < 4.78 is 0. The summed E-state index contributed by atoms with van der Waals surface area (Å²) in [5.41, 5.74) is 2.98. The fourth-order valence-corrected chi connectivity index (χ4v) is 4.36.